The zero-order valence-corrected chi connectivity index (χ0v) is 14.2. The normalized spacial score (nSPS) is 10.6. The van der Waals surface area contributed by atoms with Gasteiger partial charge in [0.2, 0.25) is 5.91 Å². The molecule has 25 heavy (non-hydrogen) atoms. The molecule has 2 N–H and O–H groups in total. The van der Waals surface area contributed by atoms with Crippen LogP contribution in [0.2, 0.25) is 5.02 Å². The van der Waals surface area contributed by atoms with E-state index in [2.05, 4.69) is 20.6 Å². The van der Waals surface area contributed by atoms with E-state index in [9.17, 15) is 13.6 Å². The SMILES string of the molecule is CCNC(=O)CNc1cc(OCc2ccc(C(F)F)cn2)c(Cl)cn1. The summed E-state index contributed by atoms with van der Waals surface area (Å²) in [6, 6.07) is 4.31. The molecule has 2 rings (SSSR count). The number of halogens is 3. The average Bonchev–Trinajstić information content (AvgIpc) is 2.60. The summed E-state index contributed by atoms with van der Waals surface area (Å²) < 4.78 is 30.5. The van der Waals surface area contributed by atoms with Gasteiger partial charge >= 0.3 is 0 Å². The molecule has 9 heteroatoms. The number of nitrogens with zero attached hydrogens (tertiary/aromatic N) is 2. The van der Waals surface area contributed by atoms with Gasteiger partial charge in [0.25, 0.3) is 6.43 Å². The van der Waals surface area contributed by atoms with E-state index in [-0.39, 0.29) is 29.6 Å². The Morgan fingerprint density at radius 3 is 2.76 bits per heavy atom. The van der Waals surface area contributed by atoms with Gasteiger partial charge in [-0.3, -0.25) is 9.78 Å². The van der Waals surface area contributed by atoms with Crippen LogP contribution in [-0.4, -0.2) is 29.0 Å². The van der Waals surface area contributed by atoms with E-state index < -0.39 is 6.43 Å². The molecule has 0 unspecified atom stereocenters. The van der Waals surface area contributed by atoms with E-state index in [0.29, 0.717) is 23.8 Å². The Balaban J connectivity index is 1.96. The summed E-state index contributed by atoms with van der Waals surface area (Å²) >= 11 is 6.03. The molecule has 0 atom stereocenters. The van der Waals surface area contributed by atoms with Gasteiger partial charge in [0, 0.05) is 24.4 Å². The number of carbonyl (C=O) groups excluding carboxylic acids is 1. The fraction of sp³-hybridized carbons (Fsp3) is 0.312. The molecule has 134 valence electrons. The van der Waals surface area contributed by atoms with Crippen LogP contribution in [0.1, 0.15) is 24.6 Å². The van der Waals surface area contributed by atoms with Crippen LogP contribution in [0.25, 0.3) is 0 Å². The molecule has 2 heterocycles. The number of pyridine rings is 2. The van der Waals surface area contributed by atoms with Gasteiger partial charge in [-0.25, -0.2) is 13.8 Å². The van der Waals surface area contributed by atoms with Gasteiger partial charge in [0.1, 0.15) is 23.2 Å². The second kappa shape index (κ2) is 9.12. The number of hydrogen-bond donors (Lipinski definition) is 2. The minimum atomic E-state index is -2.56. The molecule has 0 aliphatic rings. The Kier molecular flexibility index (Phi) is 6.88. The Morgan fingerprint density at radius 2 is 2.12 bits per heavy atom. The van der Waals surface area contributed by atoms with Crippen molar-refractivity contribution in [3.8, 4) is 5.75 Å². The summed E-state index contributed by atoms with van der Waals surface area (Å²) in [4.78, 5) is 19.4. The third-order valence-electron chi connectivity index (χ3n) is 3.10. The van der Waals surface area contributed by atoms with Crippen molar-refractivity contribution in [1.29, 1.82) is 0 Å². The first-order chi connectivity index (χ1) is 12.0. The highest BCUT2D eigenvalue weighted by Crippen LogP contribution is 2.26. The smallest absolute Gasteiger partial charge is 0.265 e. The van der Waals surface area contributed by atoms with Crippen molar-refractivity contribution in [2.24, 2.45) is 0 Å². The van der Waals surface area contributed by atoms with Crippen molar-refractivity contribution in [2.75, 3.05) is 18.4 Å². The number of ether oxygens (including phenoxy) is 1. The highest BCUT2D eigenvalue weighted by atomic mass is 35.5. The lowest BCUT2D eigenvalue weighted by atomic mass is 10.2. The van der Waals surface area contributed by atoms with Crippen LogP contribution in [0.5, 0.6) is 5.75 Å². The third kappa shape index (κ3) is 5.82. The molecule has 0 fully saturated rings. The number of hydrogen-bond acceptors (Lipinski definition) is 5. The minimum absolute atomic E-state index is 0.0585. The first-order valence-electron chi connectivity index (χ1n) is 7.51. The van der Waals surface area contributed by atoms with Crippen LogP contribution in [0.3, 0.4) is 0 Å². The predicted octanol–water partition coefficient (Wildman–Crippen LogP) is 3.19. The number of anilines is 1. The fourth-order valence-corrected chi connectivity index (χ4v) is 2.02. The number of likely N-dealkylation sites (N-methyl/N-ethyl adjacent to an activating group) is 1. The van der Waals surface area contributed by atoms with Crippen LogP contribution in [0, 0.1) is 0 Å². The van der Waals surface area contributed by atoms with Crippen molar-refractivity contribution < 1.29 is 18.3 Å². The van der Waals surface area contributed by atoms with E-state index in [1.54, 1.807) is 6.07 Å². The van der Waals surface area contributed by atoms with Gasteiger partial charge in [0.05, 0.1) is 18.4 Å². The van der Waals surface area contributed by atoms with E-state index in [0.717, 1.165) is 6.20 Å². The van der Waals surface area contributed by atoms with Crippen molar-refractivity contribution in [3.63, 3.8) is 0 Å². The second-order valence-electron chi connectivity index (χ2n) is 4.98. The van der Waals surface area contributed by atoms with Crippen LogP contribution in [0.15, 0.2) is 30.6 Å². The lowest BCUT2D eigenvalue weighted by Gasteiger charge is -2.11. The molecule has 0 aromatic carbocycles. The molecule has 2 aromatic heterocycles. The Bertz CT molecular complexity index is 714. The van der Waals surface area contributed by atoms with Crippen molar-refractivity contribution in [3.05, 3.63) is 46.9 Å². The summed E-state index contributed by atoms with van der Waals surface area (Å²) in [5.74, 6) is 0.603. The van der Waals surface area contributed by atoms with E-state index in [4.69, 9.17) is 16.3 Å². The van der Waals surface area contributed by atoms with Crippen LogP contribution >= 0.6 is 11.6 Å². The molecule has 1 amide bonds. The number of nitrogens with one attached hydrogen (secondary N) is 2. The average molecular weight is 371 g/mol. The van der Waals surface area contributed by atoms with Gasteiger partial charge in [-0.1, -0.05) is 11.6 Å². The van der Waals surface area contributed by atoms with E-state index >= 15 is 0 Å². The quantitative estimate of drug-likeness (QED) is 0.746. The number of rotatable bonds is 8. The Morgan fingerprint density at radius 1 is 1.32 bits per heavy atom. The standard InChI is InChI=1S/C16H17ClF2N4O2/c1-2-20-15(24)8-23-14-5-13(12(17)7-22-14)25-9-11-4-3-10(6-21-11)16(18)19/h3-7,16H,2,8-9H2,1H3,(H,20,24)(H,22,23). The molecule has 0 aliphatic heterocycles. The first-order valence-corrected chi connectivity index (χ1v) is 7.89. The molecule has 0 radical (unpaired) electrons. The highest BCUT2D eigenvalue weighted by molar-refractivity contribution is 6.31. The topological polar surface area (TPSA) is 76.1 Å². The monoisotopic (exact) mass is 370 g/mol. The lowest BCUT2D eigenvalue weighted by molar-refractivity contribution is -0.119. The van der Waals surface area contributed by atoms with Gasteiger partial charge in [-0.2, -0.15) is 0 Å². The summed E-state index contributed by atoms with van der Waals surface area (Å²) in [5.41, 5.74) is 0.330. The summed E-state index contributed by atoms with van der Waals surface area (Å²) in [5, 5.41) is 5.79. The zero-order valence-electron chi connectivity index (χ0n) is 13.4. The number of amides is 1. The number of carbonyl (C=O) groups is 1. The fourth-order valence-electron chi connectivity index (χ4n) is 1.86. The second-order valence-corrected chi connectivity index (χ2v) is 5.39. The van der Waals surface area contributed by atoms with Crippen molar-refractivity contribution >= 4 is 23.3 Å². The molecule has 0 saturated carbocycles. The summed E-state index contributed by atoms with van der Waals surface area (Å²) in [6.45, 7) is 2.49. The molecular weight excluding hydrogens is 354 g/mol. The van der Waals surface area contributed by atoms with Crippen molar-refractivity contribution in [2.45, 2.75) is 20.0 Å². The number of aromatic nitrogens is 2. The lowest BCUT2D eigenvalue weighted by Crippen LogP contribution is -2.29. The predicted molar refractivity (Wildman–Crippen MR) is 89.9 cm³/mol. The van der Waals surface area contributed by atoms with Crippen molar-refractivity contribution in [1.82, 2.24) is 15.3 Å². The maximum atomic E-state index is 12.5. The number of alkyl halides is 2. The largest absolute Gasteiger partial charge is 0.486 e. The third-order valence-corrected chi connectivity index (χ3v) is 3.38. The van der Waals surface area contributed by atoms with Gasteiger partial charge in [-0.05, 0) is 19.1 Å². The van der Waals surface area contributed by atoms with Crippen LogP contribution in [0.4, 0.5) is 14.6 Å². The maximum absolute atomic E-state index is 12.5. The molecule has 6 nitrogen and oxygen atoms in total. The Hall–Kier alpha value is -2.48. The van der Waals surface area contributed by atoms with Gasteiger partial charge < -0.3 is 15.4 Å². The summed E-state index contributed by atoms with van der Waals surface area (Å²) in [7, 11) is 0. The van der Waals surface area contributed by atoms with Gasteiger partial charge in [0.15, 0.2) is 0 Å². The summed E-state index contributed by atoms with van der Waals surface area (Å²) in [6.07, 6.45) is -0.0585. The first kappa shape index (κ1) is 18.9. The van der Waals surface area contributed by atoms with E-state index in [1.807, 2.05) is 6.92 Å². The molecule has 0 saturated heterocycles. The van der Waals surface area contributed by atoms with Crippen LogP contribution < -0.4 is 15.4 Å². The molecule has 0 bridgehead atoms. The molecule has 0 spiro atoms. The minimum Gasteiger partial charge on any atom is -0.486 e. The van der Waals surface area contributed by atoms with E-state index in [1.165, 1.54) is 18.3 Å². The van der Waals surface area contributed by atoms with Crippen LogP contribution in [-0.2, 0) is 11.4 Å². The van der Waals surface area contributed by atoms with Gasteiger partial charge in [-0.15, -0.1) is 0 Å². The molecular formula is C16H17ClF2N4O2. The molecule has 0 aliphatic carbocycles. The molecule has 2 aromatic rings. The highest BCUT2D eigenvalue weighted by Gasteiger charge is 2.09. The maximum Gasteiger partial charge on any atom is 0.265 e. The zero-order chi connectivity index (χ0) is 18.2. The Labute approximate surface area is 148 Å².